The SMILES string of the molecule is CN(C)c1ccnc(N(C)C2CCCN(c3cc(Br)cc(C#N)c3)C2)n1. The highest BCUT2D eigenvalue weighted by Gasteiger charge is 2.25. The second-order valence-corrected chi connectivity index (χ2v) is 7.69. The van der Waals surface area contributed by atoms with Crippen LogP contribution in [0.25, 0.3) is 0 Å². The first-order chi connectivity index (χ1) is 12.5. The largest absolute Gasteiger partial charge is 0.369 e. The molecule has 1 fully saturated rings. The van der Waals surface area contributed by atoms with Crippen molar-refractivity contribution in [1.82, 2.24) is 9.97 Å². The van der Waals surface area contributed by atoms with Crippen LogP contribution in [0.3, 0.4) is 0 Å². The van der Waals surface area contributed by atoms with Crippen LogP contribution >= 0.6 is 15.9 Å². The number of aromatic nitrogens is 2. The summed E-state index contributed by atoms with van der Waals surface area (Å²) in [7, 11) is 6.02. The lowest BCUT2D eigenvalue weighted by Gasteiger charge is -2.39. The minimum Gasteiger partial charge on any atom is -0.369 e. The van der Waals surface area contributed by atoms with Crippen LogP contribution < -0.4 is 14.7 Å². The molecule has 0 amide bonds. The third-order valence-electron chi connectivity index (χ3n) is 4.72. The summed E-state index contributed by atoms with van der Waals surface area (Å²) >= 11 is 3.51. The molecule has 0 radical (unpaired) electrons. The van der Waals surface area contributed by atoms with E-state index in [0.717, 1.165) is 47.9 Å². The first-order valence-corrected chi connectivity index (χ1v) is 9.46. The van der Waals surface area contributed by atoms with Gasteiger partial charge in [-0.15, -0.1) is 0 Å². The maximum atomic E-state index is 9.23. The van der Waals surface area contributed by atoms with Crippen molar-refractivity contribution in [2.45, 2.75) is 18.9 Å². The minimum absolute atomic E-state index is 0.325. The Bertz CT molecular complexity index is 816. The van der Waals surface area contributed by atoms with Gasteiger partial charge >= 0.3 is 0 Å². The lowest BCUT2D eigenvalue weighted by molar-refractivity contribution is 0.483. The molecule has 2 aromatic rings. The molecule has 1 aliphatic rings. The van der Waals surface area contributed by atoms with Crippen LogP contribution in [0, 0.1) is 11.3 Å². The van der Waals surface area contributed by atoms with Crippen molar-refractivity contribution in [3.05, 3.63) is 40.5 Å². The molecule has 1 aromatic heterocycles. The standard InChI is InChI=1S/C19H23BrN6/c1-24(2)18-6-7-22-19(23-18)25(3)16-5-4-8-26(13-16)17-10-14(12-21)9-15(20)11-17/h6-7,9-11,16H,4-5,8,13H2,1-3H3. The second-order valence-electron chi connectivity index (χ2n) is 6.77. The number of likely N-dealkylation sites (N-methyl/N-ethyl adjacent to an activating group) is 1. The van der Waals surface area contributed by atoms with Crippen molar-refractivity contribution in [1.29, 1.82) is 5.26 Å². The van der Waals surface area contributed by atoms with Gasteiger partial charge in [0.2, 0.25) is 5.95 Å². The first kappa shape index (κ1) is 18.5. The lowest BCUT2D eigenvalue weighted by atomic mass is 10.0. The highest BCUT2D eigenvalue weighted by molar-refractivity contribution is 9.10. The van der Waals surface area contributed by atoms with Gasteiger partial charge in [0.15, 0.2) is 0 Å². The van der Waals surface area contributed by atoms with E-state index in [1.54, 1.807) is 0 Å². The average Bonchev–Trinajstić information content (AvgIpc) is 2.67. The fourth-order valence-corrected chi connectivity index (χ4v) is 3.73. The number of nitriles is 1. The fraction of sp³-hybridized carbons (Fsp3) is 0.421. The molecule has 6 nitrogen and oxygen atoms in total. The number of halogens is 1. The monoisotopic (exact) mass is 414 g/mol. The molecule has 1 aromatic carbocycles. The molecule has 7 heteroatoms. The summed E-state index contributed by atoms with van der Waals surface area (Å²) in [6, 6.07) is 10.3. The van der Waals surface area contributed by atoms with Gasteiger partial charge in [-0.25, -0.2) is 4.98 Å². The zero-order valence-electron chi connectivity index (χ0n) is 15.4. The van der Waals surface area contributed by atoms with Gasteiger partial charge in [0.25, 0.3) is 0 Å². The molecule has 1 atom stereocenters. The first-order valence-electron chi connectivity index (χ1n) is 8.67. The van der Waals surface area contributed by atoms with Gasteiger partial charge in [0.1, 0.15) is 5.82 Å². The van der Waals surface area contributed by atoms with Crippen LogP contribution in [0.1, 0.15) is 18.4 Å². The zero-order chi connectivity index (χ0) is 18.7. The topological polar surface area (TPSA) is 59.3 Å². The van der Waals surface area contributed by atoms with E-state index in [-0.39, 0.29) is 0 Å². The van der Waals surface area contributed by atoms with E-state index in [2.05, 4.69) is 54.9 Å². The van der Waals surface area contributed by atoms with E-state index in [1.165, 1.54) is 0 Å². The van der Waals surface area contributed by atoms with E-state index >= 15 is 0 Å². The summed E-state index contributed by atoms with van der Waals surface area (Å²) in [5, 5.41) is 9.23. The third kappa shape index (κ3) is 4.07. The van der Waals surface area contributed by atoms with Crippen molar-refractivity contribution >= 4 is 33.4 Å². The maximum Gasteiger partial charge on any atom is 0.227 e. The molecule has 0 aliphatic carbocycles. The van der Waals surface area contributed by atoms with Gasteiger partial charge in [-0.2, -0.15) is 10.2 Å². The van der Waals surface area contributed by atoms with Gasteiger partial charge < -0.3 is 14.7 Å². The normalized spacial score (nSPS) is 16.9. The minimum atomic E-state index is 0.325. The molecule has 2 heterocycles. The van der Waals surface area contributed by atoms with E-state index in [0.29, 0.717) is 11.6 Å². The fourth-order valence-electron chi connectivity index (χ4n) is 3.25. The molecular weight excluding hydrogens is 392 g/mol. The quantitative estimate of drug-likeness (QED) is 0.764. The van der Waals surface area contributed by atoms with Crippen LogP contribution in [-0.2, 0) is 0 Å². The van der Waals surface area contributed by atoms with Crippen molar-refractivity contribution in [2.24, 2.45) is 0 Å². The number of hydrogen-bond acceptors (Lipinski definition) is 6. The predicted molar refractivity (Wildman–Crippen MR) is 109 cm³/mol. The molecule has 0 bridgehead atoms. The summed E-state index contributed by atoms with van der Waals surface area (Å²) in [5.74, 6) is 1.65. The molecule has 3 rings (SSSR count). The summed E-state index contributed by atoms with van der Waals surface area (Å²) < 4.78 is 0.934. The summed E-state index contributed by atoms with van der Waals surface area (Å²) in [6.45, 7) is 1.87. The summed E-state index contributed by atoms with van der Waals surface area (Å²) in [5.41, 5.74) is 1.75. The average molecular weight is 415 g/mol. The van der Waals surface area contributed by atoms with Crippen molar-refractivity contribution in [2.75, 3.05) is 48.9 Å². The van der Waals surface area contributed by atoms with Crippen LogP contribution in [0.4, 0.5) is 17.5 Å². The number of piperidine rings is 1. The second kappa shape index (κ2) is 7.92. The Kier molecular flexibility index (Phi) is 5.62. The Morgan fingerprint density at radius 2 is 2.08 bits per heavy atom. The summed E-state index contributed by atoms with van der Waals surface area (Å²) in [4.78, 5) is 15.6. The van der Waals surface area contributed by atoms with Crippen LogP contribution in [0.2, 0.25) is 0 Å². The van der Waals surface area contributed by atoms with Gasteiger partial charge in [-0.1, -0.05) is 15.9 Å². The van der Waals surface area contributed by atoms with Crippen molar-refractivity contribution < 1.29 is 0 Å². The van der Waals surface area contributed by atoms with E-state index in [1.807, 2.05) is 43.4 Å². The molecule has 1 unspecified atom stereocenters. The van der Waals surface area contributed by atoms with Gasteiger partial charge in [0.05, 0.1) is 11.6 Å². The van der Waals surface area contributed by atoms with E-state index in [9.17, 15) is 5.26 Å². The number of nitrogens with zero attached hydrogens (tertiary/aromatic N) is 6. The van der Waals surface area contributed by atoms with E-state index < -0.39 is 0 Å². The molecule has 26 heavy (non-hydrogen) atoms. The smallest absolute Gasteiger partial charge is 0.227 e. The molecule has 0 N–H and O–H groups in total. The third-order valence-corrected chi connectivity index (χ3v) is 5.18. The highest BCUT2D eigenvalue weighted by Crippen LogP contribution is 2.27. The predicted octanol–water partition coefficient (Wildman–Crippen LogP) is 3.28. The zero-order valence-corrected chi connectivity index (χ0v) is 16.9. The lowest BCUT2D eigenvalue weighted by Crippen LogP contribution is -2.47. The Labute approximate surface area is 163 Å². The summed E-state index contributed by atoms with van der Waals surface area (Å²) in [6.07, 6.45) is 4.00. The van der Waals surface area contributed by atoms with Gasteiger partial charge in [-0.3, -0.25) is 0 Å². The molecule has 136 valence electrons. The van der Waals surface area contributed by atoms with Gasteiger partial charge in [-0.05, 0) is 37.1 Å². The Balaban J connectivity index is 1.79. The number of anilines is 3. The molecule has 1 saturated heterocycles. The van der Waals surface area contributed by atoms with E-state index in [4.69, 9.17) is 0 Å². The Morgan fingerprint density at radius 1 is 1.27 bits per heavy atom. The van der Waals surface area contributed by atoms with Crippen molar-refractivity contribution in [3.63, 3.8) is 0 Å². The number of hydrogen-bond donors (Lipinski definition) is 0. The van der Waals surface area contributed by atoms with Crippen LogP contribution in [0.15, 0.2) is 34.9 Å². The molecule has 0 saturated carbocycles. The number of benzene rings is 1. The Hall–Kier alpha value is -2.33. The molecular formula is C19H23BrN6. The Morgan fingerprint density at radius 3 is 2.81 bits per heavy atom. The highest BCUT2D eigenvalue weighted by atomic mass is 79.9. The maximum absolute atomic E-state index is 9.23. The van der Waals surface area contributed by atoms with Gasteiger partial charge in [0, 0.05) is 56.6 Å². The molecule has 1 aliphatic heterocycles. The van der Waals surface area contributed by atoms with Crippen LogP contribution in [-0.4, -0.2) is 50.2 Å². The molecule has 0 spiro atoms. The van der Waals surface area contributed by atoms with Crippen molar-refractivity contribution in [3.8, 4) is 6.07 Å². The number of rotatable bonds is 4. The van der Waals surface area contributed by atoms with Crippen LogP contribution in [0.5, 0.6) is 0 Å².